The first-order chi connectivity index (χ1) is 11.9. The Hall–Kier alpha value is -1.56. The number of unbranched alkanes of at least 4 members (excludes halogenated alkanes) is 9. The Kier molecular flexibility index (Phi) is 9.31. The SMILES string of the molecule is CCCCCCCCCCCCc1ccc(-c2ccccc2)cc1. The number of benzene rings is 2. The smallest absolute Gasteiger partial charge is 0.0184 e. The molecule has 0 atom stereocenters. The van der Waals surface area contributed by atoms with Crippen LogP contribution in [-0.4, -0.2) is 0 Å². The molecule has 0 radical (unpaired) electrons. The number of hydrogen-bond donors (Lipinski definition) is 0. The summed E-state index contributed by atoms with van der Waals surface area (Å²) >= 11 is 0. The van der Waals surface area contributed by atoms with Crippen LogP contribution in [0.5, 0.6) is 0 Å². The van der Waals surface area contributed by atoms with Gasteiger partial charge in [0.05, 0.1) is 0 Å². The molecule has 0 saturated heterocycles. The molecule has 0 fully saturated rings. The standard InChI is InChI=1S/C24H34/c1-2-3-4-5-6-7-8-9-10-12-15-22-18-20-24(21-19-22)23-16-13-11-14-17-23/h11,13-14,16-21H,2-10,12,15H2,1H3. The lowest BCUT2D eigenvalue weighted by atomic mass is 10.0. The minimum Gasteiger partial charge on any atom is -0.0654 e. The Morgan fingerprint density at radius 2 is 1.00 bits per heavy atom. The normalized spacial score (nSPS) is 10.9. The first-order valence-electron chi connectivity index (χ1n) is 10.0. The van der Waals surface area contributed by atoms with Crippen LogP contribution in [0.1, 0.15) is 76.7 Å². The van der Waals surface area contributed by atoms with Crippen molar-refractivity contribution in [2.24, 2.45) is 0 Å². The first kappa shape index (κ1) is 18.8. The highest BCUT2D eigenvalue weighted by atomic mass is 14.0. The molecule has 0 heterocycles. The number of hydrogen-bond acceptors (Lipinski definition) is 0. The van der Waals surface area contributed by atoms with Crippen LogP contribution in [0.2, 0.25) is 0 Å². The molecule has 0 aliphatic carbocycles. The molecule has 0 heteroatoms. The van der Waals surface area contributed by atoms with E-state index in [1.807, 2.05) is 0 Å². The van der Waals surface area contributed by atoms with Gasteiger partial charge in [0.25, 0.3) is 0 Å². The van der Waals surface area contributed by atoms with E-state index in [1.165, 1.54) is 87.3 Å². The molecule has 0 amide bonds. The summed E-state index contributed by atoms with van der Waals surface area (Å²) in [5, 5.41) is 0. The molecular formula is C24H34. The van der Waals surface area contributed by atoms with Crippen molar-refractivity contribution in [3.63, 3.8) is 0 Å². The Balaban J connectivity index is 1.55. The van der Waals surface area contributed by atoms with Gasteiger partial charge in [-0.15, -0.1) is 0 Å². The fourth-order valence-electron chi connectivity index (χ4n) is 3.31. The molecule has 2 aromatic rings. The van der Waals surface area contributed by atoms with Crippen LogP contribution in [0.4, 0.5) is 0 Å². The average molecular weight is 323 g/mol. The minimum atomic E-state index is 1.23. The highest BCUT2D eigenvalue weighted by Gasteiger charge is 1.98. The molecule has 0 nitrogen and oxygen atoms in total. The van der Waals surface area contributed by atoms with E-state index in [2.05, 4.69) is 61.5 Å². The lowest BCUT2D eigenvalue weighted by molar-refractivity contribution is 0.556. The van der Waals surface area contributed by atoms with Gasteiger partial charge in [-0.05, 0) is 29.5 Å². The van der Waals surface area contributed by atoms with E-state index in [9.17, 15) is 0 Å². The molecule has 0 aliphatic rings. The van der Waals surface area contributed by atoms with Crippen LogP contribution in [0, 0.1) is 0 Å². The van der Waals surface area contributed by atoms with E-state index in [4.69, 9.17) is 0 Å². The molecule has 24 heavy (non-hydrogen) atoms. The van der Waals surface area contributed by atoms with E-state index >= 15 is 0 Å². The summed E-state index contributed by atoms with van der Waals surface area (Å²) in [5.41, 5.74) is 4.11. The molecule has 0 aromatic heterocycles. The van der Waals surface area contributed by atoms with Gasteiger partial charge in [0, 0.05) is 0 Å². The fraction of sp³-hybridized carbons (Fsp3) is 0.500. The van der Waals surface area contributed by atoms with Gasteiger partial charge in [-0.1, -0.05) is 119 Å². The maximum Gasteiger partial charge on any atom is -0.0184 e. The van der Waals surface area contributed by atoms with Crippen molar-refractivity contribution in [3.05, 3.63) is 60.2 Å². The van der Waals surface area contributed by atoms with Crippen LogP contribution >= 0.6 is 0 Å². The van der Waals surface area contributed by atoms with Crippen molar-refractivity contribution in [1.29, 1.82) is 0 Å². The number of aryl methyl sites for hydroxylation is 1. The van der Waals surface area contributed by atoms with Gasteiger partial charge >= 0.3 is 0 Å². The lowest BCUT2D eigenvalue weighted by Crippen LogP contribution is -1.87. The Morgan fingerprint density at radius 1 is 0.500 bits per heavy atom. The summed E-state index contributed by atoms with van der Waals surface area (Å²) in [6.45, 7) is 2.29. The summed E-state index contributed by atoms with van der Waals surface area (Å²) in [4.78, 5) is 0. The zero-order valence-electron chi connectivity index (χ0n) is 15.5. The topological polar surface area (TPSA) is 0 Å². The molecule has 0 saturated carbocycles. The summed E-state index contributed by atoms with van der Waals surface area (Å²) in [6.07, 6.45) is 15.3. The van der Waals surface area contributed by atoms with Crippen molar-refractivity contribution in [3.8, 4) is 11.1 Å². The fourth-order valence-corrected chi connectivity index (χ4v) is 3.31. The summed E-state index contributed by atoms with van der Waals surface area (Å²) in [5.74, 6) is 0. The number of rotatable bonds is 12. The van der Waals surface area contributed by atoms with Gasteiger partial charge in [-0.3, -0.25) is 0 Å². The first-order valence-corrected chi connectivity index (χ1v) is 10.0. The molecular weight excluding hydrogens is 288 g/mol. The average Bonchev–Trinajstić information content (AvgIpc) is 2.64. The zero-order valence-corrected chi connectivity index (χ0v) is 15.5. The van der Waals surface area contributed by atoms with Crippen molar-refractivity contribution >= 4 is 0 Å². The summed E-state index contributed by atoms with van der Waals surface area (Å²) in [7, 11) is 0. The highest BCUT2D eigenvalue weighted by Crippen LogP contribution is 2.20. The largest absolute Gasteiger partial charge is 0.0654 e. The van der Waals surface area contributed by atoms with E-state index in [0.717, 1.165) is 0 Å². The van der Waals surface area contributed by atoms with Gasteiger partial charge < -0.3 is 0 Å². The van der Waals surface area contributed by atoms with Crippen LogP contribution in [0.3, 0.4) is 0 Å². The van der Waals surface area contributed by atoms with Gasteiger partial charge in [0.2, 0.25) is 0 Å². The van der Waals surface area contributed by atoms with E-state index < -0.39 is 0 Å². The van der Waals surface area contributed by atoms with Crippen LogP contribution < -0.4 is 0 Å². The van der Waals surface area contributed by atoms with Gasteiger partial charge in [0.15, 0.2) is 0 Å². The maximum absolute atomic E-state index is 2.30. The van der Waals surface area contributed by atoms with E-state index in [0.29, 0.717) is 0 Å². The second-order valence-corrected chi connectivity index (χ2v) is 6.99. The quantitative estimate of drug-likeness (QED) is 0.349. The molecule has 2 aromatic carbocycles. The molecule has 0 N–H and O–H groups in total. The Morgan fingerprint density at radius 3 is 1.58 bits per heavy atom. The van der Waals surface area contributed by atoms with Crippen molar-refractivity contribution in [2.75, 3.05) is 0 Å². The summed E-state index contributed by atoms with van der Waals surface area (Å²) in [6, 6.07) is 19.8. The van der Waals surface area contributed by atoms with E-state index in [1.54, 1.807) is 0 Å². The van der Waals surface area contributed by atoms with Crippen LogP contribution in [0.25, 0.3) is 11.1 Å². The van der Waals surface area contributed by atoms with Gasteiger partial charge in [0.1, 0.15) is 0 Å². The van der Waals surface area contributed by atoms with Crippen molar-refractivity contribution < 1.29 is 0 Å². The highest BCUT2D eigenvalue weighted by molar-refractivity contribution is 5.63. The second-order valence-electron chi connectivity index (χ2n) is 6.99. The van der Waals surface area contributed by atoms with Crippen molar-refractivity contribution in [2.45, 2.75) is 77.6 Å². The van der Waals surface area contributed by atoms with Gasteiger partial charge in [-0.2, -0.15) is 0 Å². The third kappa shape index (κ3) is 7.34. The summed E-state index contributed by atoms with van der Waals surface area (Å²) < 4.78 is 0. The molecule has 0 aliphatic heterocycles. The maximum atomic E-state index is 2.30. The van der Waals surface area contributed by atoms with Gasteiger partial charge in [-0.25, -0.2) is 0 Å². The molecule has 0 bridgehead atoms. The molecule has 2 rings (SSSR count). The Bertz CT molecular complexity index is 524. The monoisotopic (exact) mass is 322 g/mol. The van der Waals surface area contributed by atoms with Crippen molar-refractivity contribution in [1.82, 2.24) is 0 Å². The lowest BCUT2D eigenvalue weighted by Gasteiger charge is -2.05. The van der Waals surface area contributed by atoms with Crippen LogP contribution in [0.15, 0.2) is 54.6 Å². The predicted molar refractivity (Wildman–Crippen MR) is 107 cm³/mol. The molecule has 0 unspecified atom stereocenters. The third-order valence-corrected chi connectivity index (χ3v) is 4.88. The third-order valence-electron chi connectivity index (χ3n) is 4.88. The Labute approximate surface area is 149 Å². The zero-order chi connectivity index (χ0) is 16.9. The predicted octanol–water partition coefficient (Wildman–Crippen LogP) is 7.82. The molecule has 0 spiro atoms. The van der Waals surface area contributed by atoms with Crippen LogP contribution in [-0.2, 0) is 6.42 Å². The van der Waals surface area contributed by atoms with E-state index in [-0.39, 0.29) is 0 Å². The second kappa shape index (κ2) is 11.9. The molecule has 130 valence electrons. The minimum absolute atomic E-state index is 1.23.